The number of nitrogens with one attached hydrogen (secondary N) is 1. The van der Waals surface area contributed by atoms with Crippen LogP contribution in [0.2, 0.25) is 0 Å². The molecule has 5 heterocycles. The summed E-state index contributed by atoms with van der Waals surface area (Å²) in [5, 5.41) is 27.3. The van der Waals surface area contributed by atoms with E-state index in [0.29, 0.717) is 36.5 Å². The molecule has 0 aliphatic carbocycles. The van der Waals surface area contributed by atoms with E-state index >= 15 is 0 Å². The van der Waals surface area contributed by atoms with E-state index in [1.54, 1.807) is 34.0 Å². The molecule has 0 saturated carbocycles. The van der Waals surface area contributed by atoms with Gasteiger partial charge in [-0.2, -0.15) is 0 Å². The minimum atomic E-state index is -0.685. The van der Waals surface area contributed by atoms with Crippen molar-refractivity contribution in [3.05, 3.63) is 53.1 Å². The zero-order chi connectivity index (χ0) is 25.0. The Kier molecular flexibility index (Phi) is 5.10. The maximum Gasteiger partial charge on any atom is 0.276 e. The fourth-order valence-electron chi connectivity index (χ4n) is 4.71. The van der Waals surface area contributed by atoms with Crippen molar-refractivity contribution in [3.63, 3.8) is 0 Å². The second kappa shape index (κ2) is 8.34. The lowest BCUT2D eigenvalue weighted by Gasteiger charge is -2.38. The lowest BCUT2D eigenvalue weighted by Crippen LogP contribution is -2.52. The van der Waals surface area contributed by atoms with Gasteiger partial charge in [-0.05, 0) is 30.2 Å². The quantitative estimate of drug-likeness (QED) is 0.417. The maximum absolute atomic E-state index is 12.9. The summed E-state index contributed by atoms with van der Waals surface area (Å²) >= 11 is 0. The van der Waals surface area contributed by atoms with Gasteiger partial charge in [-0.1, -0.05) is 10.4 Å². The molecule has 1 atom stereocenters. The second-order valence-electron chi connectivity index (χ2n) is 9.00. The normalized spacial score (nSPS) is 19.9. The van der Waals surface area contributed by atoms with Gasteiger partial charge < -0.3 is 14.9 Å². The Bertz CT molecular complexity index is 1410. The SMILES string of the molecule is O=C1CCC(N2Cc3cc(-n4cc(C(=O)N5CC(n6cc(CO)nn6)C5)nn4)ccc3C2=O)C(=O)N1. The number of amides is 4. The van der Waals surface area contributed by atoms with E-state index in [-0.39, 0.29) is 49.0 Å². The first kappa shape index (κ1) is 22.0. The molecule has 3 aliphatic rings. The Balaban J connectivity index is 1.13. The molecular weight excluding hydrogens is 470 g/mol. The van der Waals surface area contributed by atoms with Crippen LogP contribution in [-0.4, -0.2) is 87.7 Å². The summed E-state index contributed by atoms with van der Waals surface area (Å²) in [6.07, 6.45) is 3.68. The van der Waals surface area contributed by atoms with E-state index in [0.717, 1.165) is 5.56 Å². The van der Waals surface area contributed by atoms with Gasteiger partial charge in [0.15, 0.2) is 5.69 Å². The monoisotopic (exact) mass is 491 g/mol. The van der Waals surface area contributed by atoms with Gasteiger partial charge in [-0.25, -0.2) is 9.36 Å². The molecule has 1 aromatic carbocycles. The molecular formula is C22H21N9O5. The third kappa shape index (κ3) is 3.62. The molecule has 184 valence electrons. The average molecular weight is 491 g/mol. The Hall–Kier alpha value is -4.46. The van der Waals surface area contributed by atoms with Crippen LogP contribution >= 0.6 is 0 Å². The van der Waals surface area contributed by atoms with Gasteiger partial charge in [-0.3, -0.25) is 24.5 Å². The van der Waals surface area contributed by atoms with Crippen molar-refractivity contribution in [2.75, 3.05) is 13.1 Å². The first-order valence-corrected chi connectivity index (χ1v) is 11.4. The van der Waals surface area contributed by atoms with Crippen LogP contribution in [0, 0.1) is 0 Å². The molecule has 2 saturated heterocycles. The van der Waals surface area contributed by atoms with Crippen LogP contribution < -0.4 is 5.32 Å². The van der Waals surface area contributed by atoms with Crippen LogP contribution in [0.25, 0.3) is 5.69 Å². The van der Waals surface area contributed by atoms with Crippen molar-refractivity contribution < 1.29 is 24.3 Å². The third-order valence-corrected chi connectivity index (χ3v) is 6.73. The first-order valence-electron chi connectivity index (χ1n) is 11.4. The van der Waals surface area contributed by atoms with Crippen molar-refractivity contribution >= 4 is 23.6 Å². The van der Waals surface area contributed by atoms with E-state index in [1.807, 2.05) is 0 Å². The van der Waals surface area contributed by atoms with Crippen LogP contribution in [0.5, 0.6) is 0 Å². The molecule has 2 fully saturated rings. The van der Waals surface area contributed by atoms with Crippen LogP contribution in [0.1, 0.15) is 51.0 Å². The summed E-state index contributed by atoms with van der Waals surface area (Å²) < 4.78 is 3.10. The Morgan fingerprint density at radius 1 is 1.11 bits per heavy atom. The Morgan fingerprint density at radius 3 is 2.69 bits per heavy atom. The van der Waals surface area contributed by atoms with E-state index in [9.17, 15) is 19.2 Å². The summed E-state index contributed by atoms with van der Waals surface area (Å²) in [7, 11) is 0. The zero-order valence-corrected chi connectivity index (χ0v) is 18.9. The average Bonchev–Trinajstić information content (AvgIpc) is 3.57. The number of aliphatic hydroxyl groups excluding tert-OH is 1. The van der Waals surface area contributed by atoms with Crippen molar-refractivity contribution in [1.82, 2.24) is 45.1 Å². The lowest BCUT2D eigenvalue weighted by atomic mass is 10.0. The summed E-state index contributed by atoms with van der Waals surface area (Å²) in [5.74, 6) is -1.31. The molecule has 0 radical (unpaired) electrons. The smallest absolute Gasteiger partial charge is 0.276 e. The standard InChI is InChI=1S/C22H21N9O5/c32-11-13-7-30(26-24-13)15-8-28(9-15)22(36)17-10-31(27-25-17)14-1-2-16-12(5-14)6-29(21(16)35)18-3-4-19(33)23-20(18)34/h1-2,5,7,10,15,18,32H,3-4,6,8-9,11H2,(H,23,33,34). The molecule has 14 heteroatoms. The zero-order valence-electron chi connectivity index (χ0n) is 18.9. The lowest BCUT2D eigenvalue weighted by molar-refractivity contribution is -0.136. The molecule has 3 aromatic rings. The predicted molar refractivity (Wildman–Crippen MR) is 118 cm³/mol. The molecule has 0 bridgehead atoms. The molecule has 3 aliphatic heterocycles. The van der Waals surface area contributed by atoms with E-state index in [2.05, 4.69) is 25.9 Å². The highest BCUT2D eigenvalue weighted by Crippen LogP contribution is 2.29. The van der Waals surface area contributed by atoms with Gasteiger partial charge in [0.25, 0.3) is 11.8 Å². The number of hydrogen-bond acceptors (Lipinski definition) is 9. The number of rotatable bonds is 5. The number of aromatic nitrogens is 6. The highest BCUT2D eigenvalue weighted by atomic mass is 16.3. The van der Waals surface area contributed by atoms with E-state index in [4.69, 9.17) is 5.11 Å². The fraction of sp³-hybridized carbons (Fsp3) is 0.364. The highest BCUT2D eigenvalue weighted by Gasteiger charge is 2.39. The van der Waals surface area contributed by atoms with Crippen LogP contribution in [-0.2, 0) is 22.7 Å². The number of likely N-dealkylation sites (tertiary alicyclic amines) is 1. The maximum atomic E-state index is 12.9. The largest absolute Gasteiger partial charge is 0.390 e. The van der Waals surface area contributed by atoms with Gasteiger partial charge >= 0.3 is 0 Å². The molecule has 6 rings (SSSR count). The van der Waals surface area contributed by atoms with Gasteiger partial charge in [0.1, 0.15) is 11.7 Å². The van der Waals surface area contributed by atoms with E-state index < -0.39 is 11.9 Å². The molecule has 1 unspecified atom stereocenters. The number of benzene rings is 1. The number of aliphatic hydroxyl groups is 1. The van der Waals surface area contributed by atoms with Crippen molar-refractivity contribution in [2.45, 2.75) is 38.1 Å². The van der Waals surface area contributed by atoms with Crippen LogP contribution in [0.3, 0.4) is 0 Å². The number of fused-ring (bicyclic) bond motifs is 1. The molecule has 0 spiro atoms. The molecule has 2 N–H and O–H groups in total. The second-order valence-corrected chi connectivity index (χ2v) is 9.00. The van der Waals surface area contributed by atoms with E-state index in [1.165, 1.54) is 15.8 Å². The number of carbonyl (C=O) groups excluding carboxylic acids is 4. The summed E-state index contributed by atoms with van der Waals surface area (Å²) in [6, 6.07) is 4.45. The molecule has 2 aromatic heterocycles. The first-order chi connectivity index (χ1) is 17.4. The number of carbonyl (C=O) groups is 4. The number of piperidine rings is 1. The van der Waals surface area contributed by atoms with Gasteiger partial charge in [-0.15, -0.1) is 10.2 Å². The van der Waals surface area contributed by atoms with Crippen molar-refractivity contribution in [3.8, 4) is 5.69 Å². The molecule has 4 amide bonds. The summed E-state index contributed by atoms with van der Waals surface area (Å²) in [6.45, 7) is 0.933. The predicted octanol–water partition coefficient (Wildman–Crippen LogP) is -1.19. The van der Waals surface area contributed by atoms with Crippen LogP contribution in [0.15, 0.2) is 30.6 Å². The van der Waals surface area contributed by atoms with Gasteiger partial charge in [0.05, 0.1) is 30.7 Å². The molecule has 14 nitrogen and oxygen atoms in total. The topological polar surface area (TPSA) is 168 Å². The van der Waals surface area contributed by atoms with Crippen molar-refractivity contribution in [2.24, 2.45) is 0 Å². The number of nitrogens with zero attached hydrogens (tertiary/aromatic N) is 8. The molecule has 36 heavy (non-hydrogen) atoms. The third-order valence-electron chi connectivity index (χ3n) is 6.73. The minimum Gasteiger partial charge on any atom is -0.390 e. The summed E-state index contributed by atoms with van der Waals surface area (Å²) in [5.41, 5.74) is 2.50. The number of imide groups is 1. The Labute approximate surface area is 203 Å². The van der Waals surface area contributed by atoms with Crippen LogP contribution in [0.4, 0.5) is 0 Å². The minimum absolute atomic E-state index is 0.0154. The summed E-state index contributed by atoms with van der Waals surface area (Å²) in [4.78, 5) is 52.5. The van der Waals surface area contributed by atoms with Crippen molar-refractivity contribution in [1.29, 1.82) is 0 Å². The fourth-order valence-corrected chi connectivity index (χ4v) is 4.71. The van der Waals surface area contributed by atoms with Gasteiger partial charge in [0, 0.05) is 31.6 Å². The Morgan fingerprint density at radius 2 is 1.94 bits per heavy atom. The van der Waals surface area contributed by atoms with Gasteiger partial charge in [0.2, 0.25) is 11.8 Å². The highest BCUT2D eigenvalue weighted by molar-refractivity contribution is 6.05. The number of hydrogen-bond donors (Lipinski definition) is 2.